The van der Waals surface area contributed by atoms with E-state index in [-0.39, 0.29) is 5.56 Å². The number of thiophene rings is 1. The van der Waals surface area contributed by atoms with Crippen molar-refractivity contribution in [2.45, 2.75) is 0 Å². The molecule has 0 saturated heterocycles. The number of carbonyl (C=O) groups is 1. The van der Waals surface area contributed by atoms with Gasteiger partial charge in [0, 0.05) is 22.5 Å². The summed E-state index contributed by atoms with van der Waals surface area (Å²) in [4.78, 5) is 11.9. The van der Waals surface area contributed by atoms with Gasteiger partial charge in [-0.15, -0.1) is 11.3 Å². The molecule has 0 aliphatic heterocycles. The highest BCUT2D eigenvalue weighted by Crippen LogP contribution is 2.39. The van der Waals surface area contributed by atoms with Crippen LogP contribution in [0.2, 0.25) is 10.0 Å². The zero-order valence-electron chi connectivity index (χ0n) is 9.33. The predicted octanol–water partition coefficient (Wildman–Crippen LogP) is 4.46. The van der Waals surface area contributed by atoms with Crippen molar-refractivity contribution < 1.29 is 9.90 Å². The molecule has 0 aliphatic rings. The minimum Gasteiger partial charge on any atom is -0.478 e. The molecule has 2 rings (SSSR count). The summed E-state index contributed by atoms with van der Waals surface area (Å²) >= 11 is 13.3. The summed E-state index contributed by atoms with van der Waals surface area (Å²) in [5.74, 6) is -0.966. The summed E-state index contributed by atoms with van der Waals surface area (Å²) in [6.45, 7) is 0. The average Bonchev–Trinajstić information content (AvgIpc) is 2.73. The van der Waals surface area contributed by atoms with Gasteiger partial charge in [0.2, 0.25) is 0 Å². The van der Waals surface area contributed by atoms with E-state index in [0.717, 1.165) is 10.4 Å². The van der Waals surface area contributed by atoms with Gasteiger partial charge in [-0.1, -0.05) is 29.3 Å². The number of carboxylic acid groups (broad SMARTS) is 1. The first-order valence-corrected chi connectivity index (χ1v) is 6.60. The van der Waals surface area contributed by atoms with E-state index in [1.54, 1.807) is 31.3 Å². The summed E-state index contributed by atoms with van der Waals surface area (Å²) in [7, 11) is 1.69. The van der Waals surface area contributed by atoms with E-state index in [1.807, 2.05) is 0 Å². The van der Waals surface area contributed by atoms with Gasteiger partial charge < -0.3 is 10.4 Å². The maximum absolute atomic E-state index is 11.1. The first kappa shape index (κ1) is 13.2. The highest BCUT2D eigenvalue weighted by molar-refractivity contribution is 7.19. The molecule has 1 heterocycles. The van der Waals surface area contributed by atoms with Crippen LogP contribution in [0.3, 0.4) is 0 Å². The third-order valence-electron chi connectivity index (χ3n) is 2.39. The van der Waals surface area contributed by atoms with Crippen LogP contribution in [-0.4, -0.2) is 18.1 Å². The number of carboxylic acids is 1. The minimum absolute atomic E-state index is 0.239. The lowest BCUT2D eigenvalue weighted by molar-refractivity contribution is 0.0698. The normalized spacial score (nSPS) is 10.4. The molecule has 0 radical (unpaired) electrons. The quantitative estimate of drug-likeness (QED) is 0.880. The SMILES string of the molecule is CNc1sc(-c2ccc(Cl)cc2Cl)cc1C(=O)O. The van der Waals surface area contributed by atoms with Crippen LogP contribution in [-0.2, 0) is 0 Å². The fourth-order valence-corrected chi connectivity index (χ4v) is 3.17. The van der Waals surface area contributed by atoms with Gasteiger partial charge in [0.05, 0.1) is 10.6 Å². The summed E-state index contributed by atoms with van der Waals surface area (Å²) in [5.41, 5.74) is 1.01. The summed E-state index contributed by atoms with van der Waals surface area (Å²) in [6, 6.07) is 6.75. The Morgan fingerprint density at radius 3 is 2.56 bits per heavy atom. The molecule has 2 aromatic rings. The number of aromatic carboxylic acids is 1. The van der Waals surface area contributed by atoms with Crippen LogP contribution >= 0.6 is 34.5 Å². The Bertz CT molecular complexity index is 610. The molecular formula is C12H9Cl2NO2S. The molecule has 0 bridgehead atoms. The number of halogens is 2. The first-order chi connectivity index (χ1) is 8.52. The second-order valence-corrected chi connectivity index (χ2v) is 5.43. The number of nitrogens with one attached hydrogen (secondary N) is 1. The molecule has 0 spiro atoms. The van der Waals surface area contributed by atoms with Gasteiger partial charge in [0.15, 0.2) is 0 Å². The molecule has 0 atom stereocenters. The van der Waals surface area contributed by atoms with Crippen molar-refractivity contribution in [2.75, 3.05) is 12.4 Å². The summed E-state index contributed by atoms with van der Waals surface area (Å²) in [5, 5.41) is 13.6. The number of hydrogen-bond acceptors (Lipinski definition) is 3. The van der Waals surface area contributed by atoms with Crippen molar-refractivity contribution in [3.8, 4) is 10.4 Å². The predicted molar refractivity (Wildman–Crippen MR) is 76.3 cm³/mol. The van der Waals surface area contributed by atoms with Crippen LogP contribution < -0.4 is 5.32 Å². The second-order valence-electron chi connectivity index (χ2n) is 3.53. The third kappa shape index (κ3) is 2.46. The number of rotatable bonds is 3. The van der Waals surface area contributed by atoms with Gasteiger partial charge in [-0.3, -0.25) is 0 Å². The van der Waals surface area contributed by atoms with Crippen LogP contribution in [0.25, 0.3) is 10.4 Å². The van der Waals surface area contributed by atoms with E-state index in [4.69, 9.17) is 28.3 Å². The maximum Gasteiger partial charge on any atom is 0.338 e. The Balaban J connectivity index is 2.54. The van der Waals surface area contributed by atoms with Gasteiger partial charge in [-0.05, 0) is 18.2 Å². The van der Waals surface area contributed by atoms with Crippen LogP contribution in [0.5, 0.6) is 0 Å². The number of hydrogen-bond donors (Lipinski definition) is 2. The monoisotopic (exact) mass is 301 g/mol. The highest BCUT2D eigenvalue weighted by Gasteiger charge is 2.16. The summed E-state index contributed by atoms with van der Waals surface area (Å²) in [6.07, 6.45) is 0. The maximum atomic E-state index is 11.1. The van der Waals surface area contributed by atoms with Crippen molar-refractivity contribution in [2.24, 2.45) is 0 Å². The van der Waals surface area contributed by atoms with E-state index < -0.39 is 5.97 Å². The Labute approximate surface area is 118 Å². The molecule has 94 valence electrons. The van der Waals surface area contributed by atoms with Crippen molar-refractivity contribution in [3.05, 3.63) is 39.9 Å². The molecule has 3 nitrogen and oxygen atoms in total. The second kappa shape index (κ2) is 5.18. The fourth-order valence-electron chi connectivity index (χ4n) is 1.56. The van der Waals surface area contributed by atoms with Crippen LogP contribution in [0.1, 0.15) is 10.4 Å². The van der Waals surface area contributed by atoms with E-state index in [0.29, 0.717) is 15.0 Å². The zero-order valence-corrected chi connectivity index (χ0v) is 11.7. The van der Waals surface area contributed by atoms with Crippen molar-refractivity contribution >= 4 is 45.5 Å². The van der Waals surface area contributed by atoms with E-state index in [9.17, 15) is 4.79 Å². The van der Waals surface area contributed by atoms with Crippen molar-refractivity contribution in [1.29, 1.82) is 0 Å². The van der Waals surface area contributed by atoms with Gasteiger partial charge in [-0.2, -0.15) is 0 Å². The van der Waals surface area contributed by atoms with Crippen molar-refractivity contribution in [3.63, 3.8) is 0 Å². The highest BCUT2D eigenvalue weighted by atomic mass is 35.5. The van der Waals surface area contributed by atoms with E-state index in [2.05, 4.69) is 5.32 Å². The lowest BCUT2D eigenvalue weighted by Crippen LogP contribution is -1.97. The standard InChI is InChI=1S/C12H9Cl2NO2S/c1-15-11-8(12(16)17)5-10(18-11)7-3-2-6(13)4-9(7)14/h2-5,15H,1H3,(H,16,17). The van der Waals surface area contributed by atoms with Gasteiger partial charge in [0.1, 0.15) is 5.00 Å². The number of anilines is 1. The minimum atomic E-state index is -0.966. The molecule has 0 fully saturated rings. The Morgan fingerprint density at radius 1 is 1.33 bits per heavy atom. The Morgan fingerprint density at radius 2 is 2.06 bits per heavy atom. The molecular weight excluding hydrogens is 293 g/mol. The lowest BCUT2D eigenvalue weighted by atomic mass is 10.1. The van der Waals surface area contributed by atoms with Crippen LogP contribution in [0.4, 0.5) is 5.00 Å². The van der Waals surface area contributed by atoms with Gasteiger partial charge >= 0.3 is 5.97 Å². The lowest BCUT2D eigenvalue weighted by Gasteiger charge is -2.01. The smallest absolute Gasteiger partial charge is 0.338 e. The Hall–Kier alpha value is -1.23. The third-order valence-corrected chi connectivity index (χ3v) is 4.12. The molecule has 2 N–H and O–H groups in total. The number of benzene rings is 1. The molecule has 0 aliphatic carbocycles. The molecule has 18 heavy (non-hydrogen) atoms. The molecule has 0 unspecified atom stereocenters. The fraction of sp³-hybridized carbons (Fsp3) is 0.0833. The first-order valence-electron chi connectivity index (χ1n) is 5.03. The summed E-state index contributed by atoms with van der Waals surface area (Å²) < 4.78 is 0. The average molecular weight is 302 g/mol. The molecule has 0 amide bonds. The van der Waals surface area contributed by atoms with E-state index in [1.165, 1.54) is 11.3 Å². The van der Waals surface area contributed by atoms with Crippen LogP contribution in [0.15, 0.2) is 24.3 Å². The molecule has 1 aromatic heterocycles. The van der Waals surface area contributed by atoms with Crippen molar-refractivity contribution in [1.82, 2.24) is 0 Å². The molecule has 1 aromatic carbocycles. The zero-order chi connectivity index (χ0) is 13.3. The molecule has 6 heteroatoms. The Kier molecular flexibility index (Phi) is 3.80. The molecule has 0 saturated carbocycles. The largest absolute Gasteiger partial charge is 0.478 e. The van der Waals surface area contributed by atoms with Gasteiger partial charge in [-0.25, -0.2) is 4.79 Å². The van der Waals surface area contributed by atoms with Gasteiger partial charge in [0.25, 0.3) is 0 Å². The topological polar surface area (TPSA) is 49.3 Å². The van der Waals surface area contributed by atoms with Crippen LogP contribution in [0, 0.1) is 0 Å². The van der Waals surface area contributed by atoms with E-state index >= 15 is 0 Å².